The summed E-state index contributed by atoms with van der Waals surface area (Å²) in [6.07, 6.45) is 0. The normalized spacial score (nSPS) is 18.1. The molecule has 182 valence electrons. The van der Waals surface area contributed by atoms with E-state index in [-0.39, 0.29) is 54.9 Å². The van der Waals surface area contributed by atoms with Crippen LogP contribution in [-0.2, 0) is 0 Å². The number of hydrogen-bond acceptors (Lipinski definition) is 1. The minimum Gasteiger partial charge on any atom is -0.456 e. The highest BCUT2D eigenvalue weighted by Crippen LogP contribution is 2.44. The topological polar surface area (TPSA) is 13.1 Å². The average Bonchev–Trinajstić information content (AvgIpc) is 3.57. The molecule has 0 amide bonds. The van der Waals surface area contributed by atoms with Crippen molar-refractivity contribution in [3.8, 4) is 33.4 Å². The Morgan fingerprint density at radius 1 is 0.359 bits per heavy atom. The first kappa shape index (κ1) is 10.6. The number of benzene rings is 7. The van der Waals surface area contributed by atoms with Crippen molar-refractivity contribution < 1.29 is 29.1 Å². The van der Waals surface area contributed by atoms with E-state index in [4.69, 9.17) is 26.3 Å². The maximum atomic E-state index is 9.18. The lowest BCUT2D eigenvalue weighted by Crippen LogP contribution is -1.90. The molecular formula is C38H24O. The Labute approximate surface area is 251 Å². The minimum atomic E-state index is -0.759. The van der Waals surface area contributed by atoms with Gasteiger partial charge in [0, 0.05) is 10.8 Å². The summed E-state index contributed by atoms with van der Waals surface area (Å²) in [4.78, 5) is 0. The molecule has 8 rings (SSSR count). The number of fused-ring (bicyclic) bond motifs is 5. The van der Waals surface area contributed by atoms with Crippen molar-refractivity contribution in [3.63, 3.8) is 0 Å². The summed E-state index contributed by atoms with van der Waals surface area (Å²) < 4.78 is 161. The standard InChI is InChI=1S/C38H24O/c1-3-11-25(12-4-1)27-19-21-29-34-23-28(20-22-35(34)39-36(29)24-27)38-32-17-9-7-15-30(32)37(26-13-5-2-6-14-26)31-16-8-10-18-33(31)38/h1-24H/i1D,2D,3D,4D,5D,6D,7D,8D,9D,10D,11D,12D,13D,14D,15D,16D,17D,18D. The maximum absolute atomic E-state index is 9.18. The highest BCUT2D eigenvalue weighted by molar-refractivity contribution is 6.22. The SMILES string of the molecule is [2H]c1c([2H])c([2H])c(-c2ccc3c(c2)oc2ccc(-c4c5c([2H])c([2H])c([2H])c([2H])c5c(-c5c([2H])c([2H])c([2H])c([2H])c5[2H])c5c([2H])c([2H])c([2H])c([2H])c45)cc23)c([2H])c1[2H]. The Hall–Kier alpha value is -5.14. The minimum absolute atomic E-state index is 0.0375. The van der Waals surface area contributed by atoms with Crippen molar-refractivity contribution in [2.45, 2.75) is 0 Å². The van der Waals surface area contributed by atoms with Crippen LogP contribution in [0.5, 0.6) is 0 Å². The molecule has 0 saturated carbocycles. The van der Waals surface area contributed by atoms with Crippen molar-refractivity contribution >= 4 is 43.5 Å². The van der Waals surface area contributed by atoms with E-state index in [0.29, 0.717) is 16.4 Å². The maximum Gasteiger partial charge on any atom is 0.136 e. The zero-order chi connectivity index (χ0) is 41.4. The Morgan fingerprint density at radius 3 is 1.49 bits per heavy atom. The third-order valence-electron chi connectivity index (χ3n) is 6.67. The molecule has 1 heteroatoms. The van der Waals surface area contributed by atoms with Gasteiger partial charge in [-0.1, -0.05) is 121 Å². The molecule has 1 heterocycles. The first-order valence-corrected chi connectivity index (χ1v) is 11.9. The molecule has 0 atom stereocenters. The van der Waals surface area contributed by atoms with Gasteiger partial charge in [0.15, 0.2) is 0 Å². The predicted octanol–water partition coefficient (Wildman–Crippen LogP) is 10.9. The van der Waals surface area contributed by atoms with Crippen LogP contribution in [0.15, 0.2) is 150 Å². The van der Waals surface area contributed by atoms with Gasteiger partial charge in [0.1, 0.15) is 11.2 Å². The molecule has 0 N–H and O–H groups in total. The highest BCUT2D eigenvalue weighted by atomic mass is 16.3. The second kappa shape index (κ2) is 8.72. The lowest BCUT2D eigenvalue weighted by atomic mass is 9.86. The fraction of sp³-hybridized carbons (Fsp3) is 0. The third kappa shape index (κ3) is 3.48. The summed E-state index contributed by atoms with van der Waals surface area (Å²) >= 11 is 0. The van der Waals surface area contributed by atoms with Crippen LogP contribution in [-0.4, -0.2) is 0 Å². The van der Waals surface area contributed by atoms with E-state index < -0.39 is 114 Å². The van der Waals surface area contributed by atoms with E-state index in [1.54, 1.807) is 24.3 Å². The molecule has 0 unspecified atom stereocenters. The number of rotatable bonds is 3. The van der Waals surface area contributed by atoms with Crippen LogP contribution in [0.25, 0.3) is 76.9 Å². The van der Waals surface area contributed by atoms with Gasteiger partial charge in [-0.3, -0.25) is 0 Å². The molecular weight excluding hydrogens is 472 g/mol. The molecule has 1 nitrogen and oxygen atoms in total. The summed E-state index contributed by atoms with van der Waals surface area (Å²) in [5.41, 5.74) is 0.121. The number of hydrogen-bond donors (Lipinski definition) is 0. The van der Waals surface area contributed by atoms with Crippen LogP contribution in [0.2, 0.25) is 0 Å². The van der Waals surface area contributed by atoms with Crippen molar-refractivity contribution in [1.29, 1.82) is 0 Å². The smallest absolute Gasteiger partial charge is 0.136 e. The fourth-order valence-corrected chi connectivity index (χ4v) is 5.02. The van der Waals surface area contributed by atoms with E-state index >= 15 is 0 Å². The molecule has 39 heavy (non-hydrogen) atoms. The van der Waals surface area contributed by atoms with E-state index in [2.05, 4.69) is 0 Å². The summed E-state index contributed by atoms with van der Waals surface area (Å²) in [6.45, 7) is 0. The van der Waals surface area contributed by atoms with Gasteiger partial charge in [0.05, 0.1) is 24.7 Å². The van der Waals surface area contributed by atoms with Crippen LogP contribution in [0, 0.1) is 0 Å². The van der Waals surface area contributed by atoms with Crippen LogP contribution in [0.4, 0.5) is 0 Å². The summed E-state index contributed by atoms with van der Waals surface area (Å²) in [5, 5.41) is -0.157. The predicted molar refractivity (Wildman–Crippen MR) is 165 cm³/mol. The van der Waals surface area contributed by atoms with Gasteiger partial charge in [0.25, 0.3) is 0 Å². The summed E-state index contributed by atoms with van der Waals surface area (Å²) in [6, 6.07) is -2.08. The molecule has 8 aromatic rings. The molecule has 1 aromatic heterocycles. The van der Waals surface area contributed by atoms with E-state index in [0.717, 1.165) is 0 Å². The fourth-order valence-electron chi connectivity index (χ4n) is 5.02. The van der Waals surface area contributed by atoms with E-state index in [9.17, 15) is 2.74 Å². The van der Waals surface area contributed by atoms with Gasteiger partial charge >= 0.3 is 0 Å². The molecule has 0 aliphatic carbocycles. The molecule has 0 saturated heterocycles. The first-order chi connectivity index (χ1) is 26.8. The van der Waals surface area contributed by atoms with E-state index in [1.165, 1.54) is 12.1 Å². The second-order valence-corrected chi connectivity index (χ2v) is 8.77. The van der Waals surface area contributed by atoms with Crippen molar-refractivity contribution in [2.75, 3.05) is 0 Å². The van der Waals surface area contributed by atoms with Crippen LogP contribution >= 0.6 is 0 Å². The van der Waals surface area contributed by atoms with Crippen molar-refractivity contribution in [2.24, 2.45) is 0 Å². The van der Waals surface area contributed by atoms with Crippen LogP contribution in [0.1, 0.15) is 24.7 Å². The Balaban J connectivity index is 1.54. The quantitative estimate of drug-likeness (QED) is 0.214. The van der Waals surface area contributed by atoms with Gasteiger partial charge in [-0.05, 0) is 79.2 Å². The molecule has 0 fully saturated rings. The molecule has 0 aliphatic heterocycles. The third-order valence-corrected chi connectivity index (χ3v) is 6.67. The average molecular weight is 515 g/mol. The zero-order valence-corrected chi connectivity index (χ0v) is 19.9. The van der Waals surface area contributed by atoms with E-state index in [1.807, 2.05) is 0 Å². The molecule has 0 bridgehead atoms. The van der Waals surface area contributed by atoms with Crippen molar-refractivity contribution in [1.82, 2.24) is 0 Å². The van der Waals surface area contributed by atoms with Gasteiger partial charge in [-0.15, -0.1) is 0 Å². The van der Waals surface area contributed by atoms with Crippen molar-refractivity contribution in [3.05, 3.63) is 145 Å². The molecule has 0 aliphatic rings. The van der Waals surface area contributed by atoms with Gasteiger partial charge in [0.2, 0.25) is 0 Å². The summed E-state index contributed by atoms with van der Waals surface area (Å²) in [7, 11) is 0. The van der Waals surface area contributed by atoms with Gasteiger partial charge < -0.3 is 4.42 Å². The molecule has 0 spiro atoms. The first-order valence-electron chi connectivity index (χ1n) is 20.9. The van der Waals surface area contributed by atoms with Gasteiger partial charge in [-0.2, -0.15) is 0 Å². The highest BCUT2D eigenvalue weighted by Gasteiger charge is 2.17. The molecule has 0 radical (unpaired) electrons. The van der Waals surface area contributed by atoms with Crippen LogP contribution < -0.4 is 0 Å². The summed E-state index contributed by atoms with van der Waals surface area (Å²) in [5.74, 6) is 0. The molecule has 7 aromatic carbocycles. The Morgan fingerprint density at radius 2 is 0.872 bits per heavy atom. The van der Waals surface area contributed by atoms with Crippen LogP contribution in [0.3, 0.4) is 0 Å². The lowest BCUT2D eigenvalue weighted by molar-refractivity contribution is 0.669. The Bertz CT molecular complexity index is 3030. The Kier molecular flexibility index (Phi) is 2.36. The van der Waals surface area contributed by atoms with Gasteiger partial charge in [-0.25, -0.2) is 0 Å². The second-order valence-electron chi connectivity index (χ2n) is 8.77. The monoisotopic (exact) mass is 514 g/mol. The largest absolute Gasteiger partial charge is 0.456 e. The number of furan rings is 1. The lowest BCUT2D eigenvalue weighted by Gasteiger charge is -2.17. The zero-order valence-electron chi connectivity index (χ0n) is 37.9.